The van der Waals surface area contributed by atoms with E-state index >= 15 is 0 Å². The second-order valence-electron chi connectivity index (χ2n) is 7.47. The molecule has 9 heteroatoms. The highest BCUT2D eigenvalue weighted by atomic mass is 16.7. The molecule has 3 atom stereocenters. The van der Waals surface area contributed by atoms with Crippen LogP contribution in [0.4, 0.5) is 10.5 Å². The van der Waals surface area contributed by atoms with Gasteiger partial charge in [-0.25, -0.2) is 9.69 Å². The molecule has 1 unspecified atom stereocenters. The minimum Gasteiger partial charge on any atom is -0.504 e. The first-order chi connectivity index (χ1) is 13.9. The van der Waals surface area contributed by atoms with E-state index in [0.717, 1.165) is 23.3 Å². The van der Waals surface area contributed by atoms with Gasteiger partial charge in [-0.2, -0.15) is 0 Å². The van der Waals surface area contributed by atoms with Crippen molar-refractivity contribution in [1.29, 1.82) is 0 Å². The molecule has 3 heterocycles. The first-order valence-electron chi connectivity index (χ1n) is 9.58. The number of hydrogen-bond donors (Lipinski definition) is 2. The van der Waals surface area contributed by atoms with Gasteiger partial charge in [0.05, 0.1) is 24.4 Å². The van der Waals surface area contributed by atoms with E-state index in [2.05, 4.69) is 6.58 Å². The van der Waals surface area contributed by atoms with Crippen LogP contribution in [0, 0.1) is 0 Å². The standard InChI is InChI=1S/C20H24N2O7/c1-11-7-14-19(29-17-5-3-4-6-28-17)22(20(25)26)13-9-15(23)16(27-2)8-12(13)18(24)21(14)10-11/h8-9,14,17,19,23H,1,3-7,10H2,2H3,(H,25,26)/t14-,17?,19-/m0/s1. The Hall–Kier alpha value is -2.78. The highest BCUT2D eigenvalue weighted by Gasteiger charge is 2.48. The van der Waals surface area contributed by atoms with E-state index in [1.165, 1.54) is 19.2 Å². The van der Waals surface area contributed by atoms with Gasteiger partial charge in [0.1, 0.15) is 0 Å². The number of ether oxygens (including phenoxy) is 3. The van der Waals surface area contributed by atoms with Gasteiger partial charge in [-0.3, -0.25) is 4.79 Å². The molecule has 9 nitrogen and oxygen atoms in total. The second kappa shape index (κ2) is 7.57. The van der Waals surface area contributed by atoms with E-state index in [-0.39, 0.29) is 28.7 Å². The number of hydrogen-bond acceptors (Lipinski definition) is 6. The number of carbonyl (C=O) groups excluding carboxylic acids is 1. The number of fused-ring (bicyclic) bond motifs is 2. The Morgan fingerprint density at radius 3 is 2.79 bits per heavy atom. The monoisotopic (exact) mass is 404 g/mol. The summed E-state index contributed by atoms with van der Waals surface area (Å²) in [6, 6.07) is 2.05. The average Bonchev–Trinajstić information content (AvgIpc) is 3.06. The van der Waals surface area contributed by atoms with Gasteiger partial charge in [0.2, 0.25) is 0 Å². The molecule has 3 aliphatic heterocycles. The summed E-state index contributed by atoms with van der Waals surface area (Å²) in [7, 11) is 1.37. The van der Waals surface area contributed by atoms with E-state index < -0.39 is 24.7 Å². The number of anilines is 1. The second-order valence-corrected chi connectivity index (χ2v) is 7.47. The SMILES string of the molecule is C=C1C[C@H]2[C@H](OC3CCCCO3)N(C(=O)O)c3cc(O)c(OC)cc3C(=O)N2C1. The van der Waals surface area contributed by atoms with Crippen LogP contribution in [0.25, 0.3) is 0 Å². The predicted molar refractivity (Wildman–Crippen MR) is 102 cm³/mol. The zero-order valence-electron chi connectivity index (χ0n) is 16.2. The number of phenols is 1. The highest BCUT2D eigenvalue weighted by Crippen LogP contribution is 2.42. The molecule has 4 rings (SSSR count). The van der Waals surface area contributed by atoms with Gasteiger partial charge in [-0.05, 0) is 31.7 Å². The maximum absolute atomic E-state index is 13.3. The maximum atomic E-state index is 13.3. The summed E-state index contributed by atoms with van der Waals surface area (Å²) in [5.41, 5.74) is 1.00. The van der Waals surface area contributed by atoms with Crippen molar-refractivity contribution in [2.24, 2.45) is 0 Å². The number of amides is 2. The van der Waals surface area contributed by atoms with Gasteiger partial charge in [0.15, 0.2) is 24.0 Å². The number of rotatable bonds is 3. The van der Waals surface area contributed by atoms with Gasteiger partial charge in [-0.1, -0.05) is 12.2 Å². The fraction of sp³-hybridized carbons (Fsp3) is 0.500. The van der Waals surface area contributed by atoms with E-state index in [1.54, 1.807) is 4.90 Å². The molecule has 0 bridgehead atoms. The van der Waals surface area contributed by atoms with E-state index in [9.17, 15) is 19.8 Å². The van der Waals surface area contributed by atoms with Crippen LogP contribution in [0.3, 0.4) is 0 Å². The summed E-state index contributed by atoms with van der Waals surface area (Å²) < 4.78 is 16.9. The summed E-state index contributed by atoms with van der Waals surface area (Å²) in [6.07, 6.45) is 0.0654. The number of aromatic hydroxyl groups is 1. The Kier molecular flexibility index (Phi) is 5.10. The summed E-state index contributed by atoms with van der Waals surface area (Å²) in [6.45, 7) is 4.84. The van der Waals surface area contributed by atoms with Crippen molar-refractivity contribution in [3.63, 3.8) is 0 Å². The van der Waals surface area contributed by atoms with Crippen LogP contribution in [0.1, 0.15) is 36.0 Å². The zero-order chi connectivity index (χ0) is 20.7. The number of phenolic OH excluding ortho intramolecular Hbond substituents is 1. The zero-order valence-corrected chi connectivity index (χ0v) is 16.2. The van der Waals surface area contributed by atoms with Crippen molar-refractivity contribution in [2.45, 2.75) is 44.2 Å². The molecule has 2 fully saturated rings. The highest BCUT2D eigenvalue weighted by molar-refractivity contribution is 6.05. The number of methoxy groups -OCH3 is 1. The Balaban J connectivity index is 1.83. The Morgan fingerprint density at radius 2 is 2.14 bits per heavy atom. The fourth-order valence-electron chi connectivity index (χ4n) is 4.20. The summed E-state index contributed by atoms with van der Waals surface area (Å²) in [4.78, 5) is 28.2. The molecule has 1 aromatic carbocycles. The molecule has 0 saturated carbocycles. The first-order valence-corrected chi connectivity index (χ1v) is 9.58. The van der Waals surface area contributed by atoms with Crippen LogP contribution in [0.15, 0.2) is 24.3 Å². The summed E-state index contributed by atoms with van der Waals surface area (Å²) in [5, 5.41) is 20.3. The van der Waals surface area contributed by atoms with Crippen LogP contribution in [0.5, 0.6) is 11.5 Å². The van der Waals surface area contributed by atoms with Crippen LogP contribution >= 0.6 is 0 Å². The lowest BCUT2D eigenvalue weighted by Gasteiger charge is -2.37. The Labute approximate surface area is 168 Å². The van der Waals surface area contributed by atoms with Crippen LogP contribution in [-0.2, 0) is 9.47 Å². The molecule has 29 heavy (non-hydrogen) atoms. The molecule has 0 aliphatic carbocycles. The van der Waals surface area contributed by atoms with Gasteiger partial charge >= 0.3 is 6.09 Å². The van der Waals surface area contributed by atoms with Crippen LogP contribution < -0.4 is 9.64 Å². The third kappa shape index (κ3) is 3.40. The lowest BCUT2D eigenvalue weighted by atomic mass is 10.1. The third-order valence-electron chi connectivity index (χ3n) is 5.56. The lowest BCUT2D eigenvalue weighted by molar-refractivity contribution is -0.195. The number of benzene rings is 1. The van der Waals surface area contributed by atoms with E-state index in [4.69, 9.17) is 14.2 Å². The van der Waals surface area contributed by atoms with Crippen molar-refractivity contribution in [3.8, 4) is 11.5 Å². The third-order valence-corrected chi connectivity index (χ3v) is 5.56. The molecular weight excluding hydrogens is 380 g/mol. The van der Waals surface area contributed by atoms with Crippen LogP contribution in [0.2, 0.25) is 0 Å². The molecule has 2 saturated heterocycles. The minimum atomic E-state index is -1.29. The largest absolute Gasteiger partial charge is 0.504 e. The molecule has 0 radical (unpaired) electrons. The molecule has 3 aliphatic rings. The van der Waals surface area contributed by atoms with Gasteiger partial charge < -0.3 is 29.3 Å². The van der Waals surface area contributed by atoms with Crippen LogP contribution in [-0.4, -0.2) is 65.9 Å². The number of carbonyl (C=O) groups is 2. The van der Waals surface area contributed by atoms with Gasteiger partial charge in [-0.15, -0.1) is 0 Å². The molecule has 1 aromatic rings. The molecule has 2 amide bonds. The van der Waals surface area contributed by atoms with Crippen molar-refractivity contribution < 1.29 is 34.0 Å². The molecular formula is C20H24N2O7. The normalized spacial score (nSPS) is 26.7. The van der Waals surface area contributed by atoms with Crippen molar-refractivity contribution >= 4 is 17.7 Å². The average molecular weight is 404 g/mol. The molecule has 2 N–H and O–H groups in total. The molecule has 0 spiro atoms. The quantitative estimate of drug-likeness (QED) is 0.745. The summed E-state index contributed by atoms with van der Waals surface area (Å²) >= 11 is 0. The van der Waals surface area contributed by atoms with Crippen molar-refractivity contribution in [2.75, 3.05) is 25.2 Å². The molecule has 0 aromatic heterocycles. The maximum Gasteiger partial charge on any atom is 0.414 e. The van der Waals surface area contributed by atoms with E-state index in [0.29, 0.717) is 26.0 Å². The first kappa shape index (κ1) is 19.5. The fourth-order valence-corrected chi connectivity index (χ4v) is 4.20. The van der Waals surface area contributed by atoms with Crippen molar-refractivity contribution in [3.05, 3.63) is 29.8 Å². The molecule has 156 valence electrons. The minimum absolute atomic E-state index is 0.0571. The number of carboxylic acid groups (broad SMARTS) is 1. The topological polar surface area (TPSA) is 109 Å². The Bertz CT molecular complexity index is 849. The Morgan fingerprint density at radius 1 is 1.34 bits per heavy atom. The number of nitrogens with zero attached hydrogens (tertiary/aromatic N) is 2. The predicted octanol–water partition coefficient (Wildman–Crippen LogP) is 2.54. The van der Waals surface area contributed by atoms with E-state index in [1.807, 2.05) is 0 Å². The van der Waals surface area contributed by atoms with Crippen molar-refractivity contribution in [1.82, 2.24) is 4.90 Å². The van der Waals surface area contributed by atoms with Gasteiger partial charge in [0, 0.05) is 19.2 Å². The smallest absolute Gasteiger partial charge is 0.414 e. The lowest BCUT2D eigenvalue weighted by Crippen LogP contribution is -2.53. The summed E-state index contributed by atoms with van der Waals surface area (Å²) in [5.74, 6) is -0.528. The van der Waals surface area contributed by atoms with Gasteiger partial charge in [0.25, 0.3) is 5.91 Å².